The molecule has 0 aromatic heterocycles. The van der Waals surface area contributed by atoms with Gasteiger partial charge in [-0.05, 0) is 25.7 Å². The molecule has 0 saturated carbocycles. The number of rotatable bonds is 6. The van der Waals surface area contributed by atoms with Crippen LogP contribution in [-0.4, -0.2) is 64.3 Å². The summed E-state index contributed by atoms with van der Waals surface area (Å²) in [6, 6.07) is -1.20. The zero-order chi connectivity index (χ0) is 15.1. The zero-order valence-electron chi connectivity index (χ0n) is 12.0. The van der Waals surface area contributed by atoms with E-state index >= 15 is 0 Å². The number of aliphatic hydroxyl groups excluding tert-OH is 1. The second kappa shape index (κ2) is 7.89. The molecule has 2 N–H and O–H groups in total. The first-order valence-corrected chi connectivity index (χ1v) is 7.01. The van der Waals surface area contributed by atoms with E-state index in [0.29, 0.717) is 13.0 Å². The number of unbranched alkanes of at least 4 members (excludes halogenated alkanes) is 2. The third-order valence-electron chi connectivity index (χ3n) is 3.58. The second-order valence-corrected chi connectivity index (χ2v) is 5.21. The fraction of sp³-hybridized carbons (Fsp3) is 0.714. The van der Waals surface area contributed by atoms with E-state index in [1.54, 1.807) is 11.9 Å². The van der Waals surface area contributed by atoms with Crippen molar-refractivity contribution in [2.75, 3.05) is 20.1 Å². The average Bonchev–Trinajstić information content (AvgIpc) is 2.42. The molecule has 2 amide bonds. The van der Waals surface area contributed by atoms with Gasteiger partial charge in [-0.3, -0.25) is 0 Å². The molecule has 0 spiro atoms. The molecule has 20 heavy (non-hydrogen) atoms. The van der Waals surface area contributed by atoms with Crippen molar-refractivity contribution in [3.05, 3.63) is 12.7 Å². The van der Waals surface area contributed by atoms with Crippen LogP contribution in [0.15, 0.2) is 12.7 Å². The number of piperidine rings is 1. The van der Waals surface area contributed by atoms with Crippen molar-refractivity contribution in [2.24, 2.45) is 0 Å². The van der Waals surface area contributed by atoms with E-state index in [2.05, 4.69) is 6.58 Å². The highest BCUT2D eigenvalue weighted by Gasteiger charge is 2.36. The molecular formula is C14H24N2O4. The number of nitrogens with zero attached hydrogens (tertiary/aromatic N) is 2. The Morgan fingerprint density at radius 1 is 1.45 bits per heavy atom. The molecule has 0 bridgehead atoms. The Bertz CT molecular complexity index is 359. The number of carboxylic acid groups (broad SMARTS) is 1. The number of hydrogen-bond donors (Lipinski definition) is 2. The number of aliphatic carboxylic acids is 1. The van der Waals surface area contributed by atoms with Crippen LogP contribution in [-0.2, 0) is 4.79 Å². The smallest absolute Gasteiger partial charge is 0.326 e. The van der Waals surface area contributed by atoms with E-state index < -0.39 is 18.1 Å². The SMILES string of the molecule is C=CCCCCN(C)C(=O)N1CCC(O)CC1C(=O)O. The molecule has 0 radical (unpaired) electrons. The lowest BCUT2D eigenvalue weighted by Gasteiger charge is -2.37. The van der Waals surface area contributed by atoms with Crippen LogP contribution in [0, 0.1) is 0 Å². The Kier molecular flexibility index (Phi) is 6.51. The number of hydrogen-bond acceptors (Lipinski definition) is 3. The molecular weight excluding hydrogens is 260 g/mol. The molecule has 2 unspecified atom stereocenters. The van der Waals surface area contributed by atoms with Crippen molar-refractivity contribution in [1.29, 1.82) is 0 Å². The van der Waals surface area contributed by atoms with E-state index in [4.69, 9.17) is 5.11 Å². The lowest BCUT2D eigenvalue weighted by molar-refractivity contribution is -0.145. The largest absolute Gasteiger partial charge is 0.480 e. The maximum atomic E-state index is 12.3. The van der Waals surface area contributed by atoms with Crippen LogP contribution in [0.5, 0.6) is 0 Å². The van der Waals surface area contributed by atoms with E-state index in [0.717, 1.165) is 19.3 Å². The van der Waals surface area contributed by atoms with E-state index in [9.17, 15) is 14.7 Å². The summed E-state index contributed by atoms with van der Waals surface area (Å²) in [7, 11) is 1.68. The molecule has 1 heterocycles. The normalized spacial score (nSPS) is 22.4. The van der Waals surface area contributed by atoms with E-state index in [1.807, 2.05) is 6.08 Å². The van der Waals surface area contributed by atoms with Gasteiger partial charge in [-0.25, -0.2) is 9.59 Å². The summed E-state index contributed by atoms with van der Waals surface area (Å²) < 4.78 is 0. The zero-order valence-corrected chi connectivity index (χ0v) is 12.0. The van der Waals surface area contributed by atoms with Crippen molar-refractivity contribution in [2.45, 2.75) is 44.2 Å². The topological polar surface area (TPSA) is 81.1 Å². The molecule has 0 aromatic carbocycles. The van der Waals surface area contributed by atoms with Crippen molar-refractivity contribution >= 4 is 12.0 Å². The molecule has 1 saturated heterocycles. The molecule has 6 heteroatoms. The summed E-state index contributed by atoms with van der Waals surface area (Å²) in [5.41, 5.74) is 0. The summed E-state index contributed by atoms with van der Waals surface area (Å²) >= 11 is 0. The van der Waals surface area contributed by atoms with Crippen molar-refractivity contribution in [3.63, 3.8) is 0 Å². The Hall–Kier alpha value is -1.56. The number of urea groups is 1. The fourth-order valence-electron chi connectivity index (χ4n) is 2.36. The molecule has 0 aliphatic carbocycles. The highest BCUT2D eigenvalue weighted by Crippen LogP contribution is 2.19. The van der Waals surface area contributed by atoms with Gasteiger partial charge in [0.05, 0.1) is 6.10 Å². The third kappa shape index (κ3) is 4.52. The third-order valence-corrected chi connectivity index (χ3v) is 3.58. The first-order valence-electron chi connectivity index (χ1n) is 7.01. The van der Waals surface area contributed by atoms with Crippen molar-refractivity contribution in [3.8, 4) is 0 Å². The standard InChI is InChI=1S/C14H24N2O4/c1-3-4-5-6-8-15(2)14(20)16-9-7-11(17)10-12(16)13(18)19/h3,11-12,17H,1,4-10H2,2H3,(H,18,19). The Labute approximate surface area is 119 Å². The molecule has 1 aliphatic heterocycles. The van der Waals surface area contributed by atoms with Crippen LogP contribution < -0.4 is 0 Å². The lowest BCUT2D eigenvalue weighted by Crippen LogP contribution is -2.54. The Morgan fingerprint density at radius 3 is 2.75 bits per heavy atom. The number of allylic oxidation sites excluding steroid dienone is 1. The van der Waals surface area contributed by atoms with Gasteiger partial charge in [0.25, 0.3) is 0 Å². The molecule has 1 rings (SSSR count). The molecule has 0 aromatic rings. The van der Waals surface area contributed by atoms with Crippen molar-refractivity contribution < 1.29 is 19.8 Å². The van der Waals surface area contributed by atoms with Gasteiger partial charge in [-0.2, -0.15) is 0 Å². The molecule has 1 fully saturated rings. The van der Waals surface area contributed by atoms with Crippen LogP contribution in [0.25, 0.3) is 0 Å². The van der Waals surface area contributed by atoms with Crippen LogP contribution in [0.2, 0.25) is 0 Å². The fourth-order valence-corrected chi connectivity index (χ4v) is 2.36. The predicted molar refractivity (Wildman–Crippen MR) is 75.4 cm³/mol. The Morgan fingerprint density at radius 2 is 2.15 bits per heavy atom. The monoisotopic (exact) mass is 284 g/mol. The number of carboxylic acids is 1. The molecule has 2 atom stereocenters. The second-order valence-electron chi connectivity index (χ2n) is 5.21. The summed E-state index contributed by atoms with van der Waals surface area (Å²) in [5.74, 6) is -1.06. The predicted octanol–water partition coefficient (Wildman–Crippen LogP) is 1.30. The molecule has 6 nitrogen and oxygen atoms in total. The van der Waals surface area contributed by atoms with Crippen LogP contribution >= 0.6 is 0 Å². The van der Waals surface area contributed by atoms with E-state index in [-0.39, 0.29) is 19.0 Å². The first-order chi connectivity index (χ1) is 9.47. The van der Waals surface area contributed by atoms with Gasteiger partial charge in [0.2, 0.25) is 0 Å². The van der Waals surface area contributed by atoms with Gasteiger partial charge in [0, 0.05) is 26.6 Å². The maximum Gasteiger partial charge on any atom is 0.326 e. The number of aliphatic hydroxyl groups is 1. The lowest BCUT2D eigenvalue weighted by atomic mass is 10.00. The first kappa shape index (κ1) is 16.5. The number of carbonyl (C=O) groups excluding carboxylic acids is 1. The maximum absolute atomic E-state index is 12.3. The van der Waals surface area contributed by atoms with Gasteiger partial charge in [0.15, 0.2) is 0 Å². The van der Waals surface area contributed by atoms with Gasteiger partial charge in [-0.1, -0.05) is 6.08 Å². The van der Waals surface area contributed by atoms with Gasteiger partial charge in [0.1, 0.15) is 6.04 Å². The Balaban J connectivity index is 2.54. The minimum absolute atomic E-state index is 0.103. The summed E-state index contributed by atoms with van der Waals surface area (Å²) in [5, 5.41) is 18.7. The van der Waals surface area contributed by atoms with Crippen LogP contribution in [0.3, 0.4) is 0 Å². The van der Waals surface area contributed by atoms with Gasteiger partial charge >= 0.3 is 12.0 Å². The number of likely N-dealkylation sites (tertiary alicyclic amines) is 1. The van der Waals surface area contributed by atoms with Crippen LogP contribution in [0.1, 0.15) is 32.1 Å². The van der Waals surface area contributed by atoms with E-state index in [1.165, 1.54) is 4.90 Å². The van der Waals surface area contributed by atoms with Crippen LogP contribution in [0.4, 0.5) is 4.79 Å². The minimum Gasteiger partial charge on any atom is -0.480 e. The van der Waals surface area contributed by atoms with Gasteiger partial charge in [-0.15, -0.1) is 6.58 Å². The minimum atomic E-state index is -1.06. The molecule has 114 valence electrons. The highest BCUT2D eigenvalue weighted by molar-refractivity contribution is 5.82. The quantitative estimate of drug-likeness (QED) is 0.569. The van der Waals surface area contributed by atoms with Crippen molar-refractivity contribution in [1.82, 2.24) is 9.80 Å². The average molecular weight is 284 g/mol. The van der Waals surface area contributed by atoms with Gasteiger partial charge < -0.3 is 20.0 Å². The molecule has 1 aliphatic rings. The summed E-state index contributed by atoms with van der Waals surface area (Å²) in [6.45, 7) is 4.53. The highest BCUT2D eigenvalue weighted by atomic mass is 16.4. The summed E-state index contributed by atoms with van der Waals surface area (Å²) in [4.78, 5) is 26.4. The number of amides is 2. The number of carbonyl (C=O) groups is 2. The summed E-state index contributed by atoms with van der Waals surface area (Å²) in [6.07, 6.45) is 4.47.